The molecule has 0 unspecified atom stereocenters. The van der Waals surface area contributed by atoms with E-state index in [4.69, 9.17) is 21.3 Å². The number of rotatable bonds is 9. The molecule has 3 heterocycles. The second-order valence-electron chi connectivity index (χ2n) is 9.11. The number of nitrogens with zero attached hydrogens (tertiary/aromatic N) is 4. The summed E-state index contributed by atoms with van der Waals surface area (Å²) in [5.74, 6) is 0.439. The van der Waals surface area contributed by atoms with E-state index in [1.165, 1.54) is 7.11 Å². The summed E-state index contributed by atoms with van der Waals surface area (Å²) in [6.07, 6.45) is 6.16. The number of anilines is 1. The lowest BCUT2D eigenvalue weighted by Gasteiger charge is -2.29. The molecule has 1 saturated heterocycles. The summed E-state index contributed by atoms with van der Waals surface area (Å²) in [4.78, 5) is 45.0. The highest BCUT2D eigenvalue weighted by Crippen LogP contribution is 2.28. The maximum Gasteiger partial charge on any atom is 0.328 e. The van der Waals surface area contributed by atoms with Gasteiger partial charge in [-0.3, -0.25) is 18.6 Å². The van der Waals surface area contributed by atoms with Crippen molar-refractivity contribution in [3.8, 4) is 11.3 Å². The third-order valence-corrected chi connectivity index (χ3v) is 6.84. The standard InChI is InChI=1S/C26H32ClN5O4/c1-4-5-6-13-31-22(30-14-7-8-21(30)24(34)28-17(2)25(35)36-3)15-23(33)32-16-20(29-26(31)32)18-9-11-19(27)12-10-18/h9-12,15-17,21H,4-8,13-14H2,1-3H3,(H,28,34)/t17-,21+/m1/s1. The topological polar surface area (TPSA) is 97.9 Å². The van der Waals surface area contributed by atoms with Crippen molar-refractivity contribution < 1.29 is 14.3 Å². The van der Waals surface area contributed by atoms with Crippen LogP contribution in [0.4, 0.5) is 5.82 Å². The quantitative estimate of drug-likeness (QED) is 0.346. The summed E-state index contributed by atoms with van der Waals surface area (Å²) in [6.45, 7) is 5.02. The van der Waals surface area contributed by atoms with E-state index < -0.39 is 18.1 Å². The lowest BCUT2D eigenvalue weighted by molar-refractivity contribution is -0.144. The molecule has 36 heavy (non-hydrogen) atoms. The van der Waals surface area contributed by atoms with E-state index in [2.05, 4.69) is 12.2 Å². The van der Waals surface area contributed by atoms with Crippen molar-refractivity contribution in [3.05, 3.63) is 51.9 Å². The van der Waals surface area contributed by atoms with Crippen LogP contribution >= 0.6 is 11.6 Å². The van der Waals surface area contributed by atoms with Crippen molar-refractivity contribution in [2.24, 2.45) is 0 Å². The van der Waals surface area contributed by atoms with Crippen LogP contribution in [0.5, 0.6) is 0 Å². The van der Waals surface area contributed by atoms with E-state index in [0.29, 0.717) is 41.8 Å². The second kappa shape index (κ2) is 11.2. The van der Waals surface area contributed by atoms with E-state index in [1.807, 2.05) is 21.6 Å². The van der Waals surface area contributed by atoms with Gasteiger partial charge in [0.05, 0.1) is 12.8 Å². The van der Waals surface area contributed by atoms with Crippen molar-refractivity contribution in [1.82, 2.24) is 19.3 Å². The van der Waals surface area contributed by atoms with Gasteiger partial charge in [-0.05, 0) is 38.3 Å². The Labute approximate surface area is 215 Å². The summed E-state index contributed by atoms with van der Waals surface area (Å²) < 4.78 is 8.33. The Morgan fingerprint density at radius 2 is 2.00 bits per heavy atom. The van der Waals surface area contributed by atoms with Crippen LogP contribution in [0.15, 0.2) is 41.3 Å². The zero-order valence-corrected chi connectivity index (χ0v) is 21.6. The Balaban J connectivity index is 1.75. The number of carbonyl (C=O) groups is 2. The number of aromatic nitrogens is 3. The molecule has 2 aromatic heterocycles. The molecule has 0 saturated carbocycles. The molecular weight excluding hydrogens is 482 g/mol. The van der Waals surface area contributed by atoms with Crippen LogP contribution in [0.25, 0.3) is 17.0 Å². The summed E-state index contributed by atoms with van der Waals surface area (Å²) in [5, 5.41) is 3.38. The Morgan fingerprint density at radius 1 is 1.25 bits per heavy atom. The number of imidazole rings is 1. The maximum atomic E-state index is 13.2. The zero-order chi connectivity index (χ0) is 25.8. The maximum absolute atomic E-state index is 13.2. The van der Waals surface area contributed by atoms with Gasteiger partial charge in [-0.25, -0.2) is 9.78 Å². The first-order valence-corrected chi connectivity index (χ1v) is 12.8. The fourth-order valence-electron chi connectivity index (χ4n) is 4.67. The first-order chi connectivity index (χ1) is 17.3. The molecule has 4 rings (SSSR count). The summed E-state index contributed by atoms with van der Waals surface area (Å²) in [7, 11) is 1.29. The average Bonchev–Trinajstić information content (AvgIpc) is 3.53. The molecule has 9 nitrogen and oxygen atoms in total. The molecule has 1 aliphatic rings. The van der Waals surface area contributed by atoms with Gasteiger partial charge in [-0.1, -0.05) is 43.5 Å². The number of carbonyl (C=O) groups excluding carboxylic acids is 2. The third-order valence-electron chi connectivity index (χ3n) is 6.58. The first kappa shape index (κ1) is 25.8. The molecule has 0 aliphatic carbocycles. The largest absolute Gasteiger partial charge is 0.467 e. The molecular formula is C26H32ClN5O4. The number of ether oxygens (including phenoxy) is 1. The predicted molar refractivity (Wildman–Crippen MR) is 139 cm³/mol. The molecule has 0 radical (unpaired) electrons. The number of aryl methyl sites for hydroxylation is 1. The van der Waals surface area contributed by atoms with Crippen molar-refractivity contribution in [3.63, 3.8) is 0 Å². The third kappa shape index (κ3) is 5.26. The molecule has 1 fully saturated rings. The molecule has 3 aromatic rings. The Kier molecular flexibility index (Phi) is 7.98. The van der Waals surface area contributed by atoms with Crippen LogP contribution in [-0.2, 0) is 20.9 Å². The minimum atomic E-state index is -0.756. The Morgan fingerprint density at radius 3 is 2.69 bits per heavy atom. The number of hydrogen-bond acceptors (Lipinski definition) is 6. The van der Waals surface area contributed by atoms with E-state index >= 15 is 0 Å². The highest BCUT2D eigenvalue weighted by Gasteiger charge is 2.34. The number of benzene rings is 1. The smallest absolute Gasteiger partial charge is 0.328 e. The summed E-state index contributed by atoms with van der Waals surface area (Å²) >= 11 is 6.05. The fraction of sp³-hybridized carbons (Fsp3) is 0.462. The monoisotopic (exact) mass is 513 g/mol. The van der Waals surface area contributed by atoms with Gasteiger partial charge in [0.2, 0.25) is 11.7 Å². The van der Waals surface area contributed by atoms with Gasteiger partial charge < -0.3 is 15.0 Å². The van der Waals surface area contributed by atoms with E-state index in [-0.39, 0.29) is 11.5 Å². The minimum absolute atomic E-state index is 0.214. The molecule has 192 valence electrons. The molecule has 1 amide bonds. The number of amides is 1. The SMILES string of the molecule is CCCCCn1c(N2CCC[C@H]2C(=O)N[C@H](C)C(=O)OC)cc(=O)n2cc(-c3ccc(Cl)cc3)nc12. The number of hydrogen-bond donors (Lipinski definition) is 1. The zero-order valence-electron chi connectivity index (χ0n) is 20.9. The van der Waals surface area contributed by atoms with Gasteiger partial charge in [-0.2, -0.15) is 0 Å². The van der Waals surface area contributed by atoms with Crippen molar-refractivity contribution >= 4 is 35.1 Å². The number of unbranched alkanes of at least 4 members (excludes halogenated alkanes) is 2. The van der Waals surface area contributed by atoms with Crippen LogP contribution in [0.3, 0.4) is 0 Å². The van der Waals surface area contributed by atoms with Crippen molar-refractivity contribution in [2.75, 3.05) is 18.6 Å². The lowest BCUT2D eigenvalue weighted by Crippen LogP contribution is -2.49. The molecule has 10 heteroatoms. The van der Waals surface area contributed by atoms with Crippen LogP contribution in [-0.4, -0.2) is 51.6 Å². The molecule has 1 aliphatic heterocycles. The molecule has 0 spiro atoms. The molecule has 1 N–H and O–H groups in total. The average molecular weight is 514 g/mol. The van der Waals surface area contributed by atoms with Gasteiger partial charge in [0.25, 0.3) is 5.56 Å². The van der Waals surface area contributed by atoms with Crippen LogP contribution in [0.2, 0.25) is 5.02 Å². The highest BCUT2D eigenvalue weighted by molar-refractivity contribution is 6.30. The van der Waals surface area contributed by atoms with Crippen molar-refractivity contribution in [2.45, 2.75) is 64.6 Å². The van der Waals surface area contributed by atoms with E-state index in [1.54, 1.807) is 35.7 Å². The number of esters is 1. The van der Waals surface area contributed by atoms with Gasteiger partial charge in [-0.15, -0.1) is 0 Å². The number of halogens is 1. The summed E-state index contributed by atoms with van der Waals surface area (Å²) in [5.41, 5.74) is 1.32. The number of methoxy groups -OCH3 is 1. The normalized spacial score (nSPS) is 16.3. The van der Waals surface area contributed by atoms with Crippen molar-refractivity contribution in [1.29, 1.82) is 0 Å². The molecule has 0 bridgehead atoms. The van der Waals surface area contributed by atoms with Gasteiger partial charge in [0.1, 0.15) is 17.9 Å². The van der Waals surface area contributed by atoms with Crippen LogP contribution in [0, 0.1) is 0 Å². The van der Waals surface area contributed by atoms with Gasteiger partial charge in [0.15, 0.2) is 0 Å². The Hall–Kier alpha value is -3.33. The van der Waals surface area contributed by atoms with E-state index in [9.17, 15) is 14.4 Å². The first-order valence-electron chi connectivity index (χ1n) is 12.4. The predicted octanol–water partition coefficient (Wildman–Crippen LogP) is 3.65. The van der Waals surface area contributed by atoms with E-state index in [0.717, 1.165) is 31.2 Å². The molecule has 1 aromatic carbocycles. The second-order valence-corrected chi connectivity index (χ2v) is 9.54. The van der Waals surface area contributed by atoms with Crippen LogP contribution < -0.4 is 15.8 Å². The van der Waals surface area contributed by atoms with Crippen LogP contribution in [0.1, 0.15) is 46.0 Å². The minimum Gasteiger partial charge on any atom is -0.467 e. The summed E-state index contributed by atoms with van der Waals surface area (Å²) in [6, 6.07) is 7.67. The number of nitrogens with one attached hydrogen (secondary N) is 1. The fourth-order valence-corrected chi connectivity index (χ4v) is 4.80. The lowest BCUT2D eigenvalue weighted by atomic mass is 10.2. The highest BCUT2D eigenvalue weighted by atomic mass is 35.5. The van der Waals surface area contributed by atoms with Gasteiger partial charge in [0, 0.05) is 35.9 Å². The molecule has 2 atom stereocenters. The Bertz CT molecular complexity index is 1300. The number of fused-ring (bicyclic) bond motifs is 1. The van der Waals surface area contributed by atoms with Gasteiger partial charge >= 0.3 is 5.97 Å².